The van der Waals surface area contributed by atoms with Gasteiger partial charge in [-0.15, -0.1) is 0 Å². The summed E-state index contributed by atoms with van der Waals surface area (Å²) in [7, 11) is 0. The molecule has 20 heavy (non-hydrogen) atoms. The van der Waals surface area contributed by atoms with E-state index in [0.29, 0.717) is 17.5 Å². The number of fused-ring (bicyclic) bond motifs is 1. The molecule has 3 unspecified atom stereocenters. The van der Waals surface area contributed by atoms with Gasteiger partial charge in [0.2, 0.25) is 5.91 Å². The van der Waals surface area contributed by atoms with Crippen molar-refractivity contribution in [3.8, 4) is 6.07 Å². The summed E-state index contributed by atoms with van der Waals surface area (Å²) in [6, 6.07) is 5.66. The molecule has 2 N–H and O–H groups in total. The zero-order valence-corrected chi connectivity index (χ0v) is 11.0. The lowest BCUT2D eigenvalue weighted by molar-refractivity contribution is -0.118. The van der Waals surface area contributed by atoms with Gasteiger partial charge in [0.1, 0.15) is 11.9 Å². The molecule has 3 rings (SSSR count). The zero-order chi connectivity index (χ0) is 14.1. The van der Waals surface area contributed by atoms with E-state index >= 15 is 0 Å². The number of hydrogen-bond acceptors (Lipinski definition) is 3. The Morgan fingerprint density at radius 3 is 3.10 bits per heavy atom. The van der Waals surface area contributed by atoms with E-state index in [9.17, 15) is 9.18 Å². The molecule has 0 bridgehead atoms. The number of nitriles is 1. The zero-order valence-electron chi connectivity index (χ0n) is 11.0. The fraction of sp³-hybridized carbons (Fsp3) is 0.467. The Morgan fingerprint density at radius 1 is 1.45 bits per heavy atom. The number of rotatable bonds is 2. The Morgan fingerprint density at radius 2 is 2.30 bits per heavy atom. The van der Waals surface area contributed by atoms with Crippen LogP contribution in [0.25, 0.3) is 0 Å². The first-order valence-corrected chi connectivity index (χ1v) is 6.93. The van der Waals surface area contributed by atoms with Crippen LogP contribution in [0.4, 0.5) is 10.1 Å². The molecule has 1 amide bonds. The minimum atomic E-state index is -0.569. The van der Waals surface area contributed by atoms with Gasteiger partial charge in [-0.2, -0.15) is 5.26 Å². The molecule has 1 aromatic rings. The summed E-state index contributed by atoms with van der Waals surface area (Å²) in [5, 5.41) is 14.8. The highest BCUT2D eigenvalue weighted by atomic mass is 19.1. The number of halogens is 1. The van der Waals surface area contributed by atoms with Crippen LogP contribution in [-0.2, 0) is 4.79 Å². The second-order valence-electron chi connectivity index (χ2n) is 5.54. The van der Waals surface area contributed by atoms with Crippen LogP contribution >= 0.6 is 0 Å². The summed E-state index contributed by atoms with van der Waals surface area (Å²) < 4.78 is 13.2. The topological polar surface area (TPSA) is 64.9 Å². The lowest BCUT2D eigenvalue weighted by Crippen LogP contribution is -2.39. The molecule has 2 fully saturated rings. The Labute approximate surface area is 117 Å². The summed E-state index contributed by atoms with van der Waals surface area (Å²) in [6.45, 7) is 0.898. The molecule has 104 valence electrons. The molecular weight excluding hydrogens is 257 g/mol. The molecule has 1 aliphatic carbocycles. The van der Waals surface area contributed by atoms with Crippen LogP contribution in [0.3, 0.4) is 0 Å². The molecule has 3 atom stereocenters. The lowest BCUT2D eigenvalue weighted by atomic mass is 9.93. The summed E-state index contributed by atoms with van der Waals surface area (Å²) in [5.41, 5.74) is 0.414. The van der Waals surface area contributed by atoms with E-state index < -0.39 is 5.82 Å². The molecule has 1 aromatic carbocycles. The van der Waals surface area contributed by atoms with Gasteiger partial charge in [0.25, 0.3) is 0 Å². The van der Waals surface area contributed by atoms with Crippen LogP contribution in [0.5, 0.6) is 0 Å². The molecule has 5 heteroatoms. The van der Waals surface area contributed by atoms with Gasteiger partial charge in [0, 0.05) is 5.69 Å². The quantitative estimate of drug-likeness (QED) is 0.866. The SMILES string of the molecule is N#Cc1cc(NC(=O)C2NCC3CCCC32)ccc1F. The van der Waals surface area contributed by atoms with Crippen molar-refractivity contribution in [1.82, 2.24) is 5.32 Å². The predicted molar refractivity (Wildman–Crippen MR) is 72.4 cm³/mol. The normalized spacial score (nSPS) is 27.9. The molecular formula is C15H16FN3O. The van der Waals surface area contributed by atoms with Crippen LogP contribution in [0.15, 0.2) is 18.2 Å². The van der Waals surface area contributed by atoms with Crippen molar-refractivity contribution >= 4 is 11.6 Å². The van der Waals surface area contributed by atoms with E-state index in [-0.39, 0.29) is 17.5 Å². The third-order valence-corrected chi connectivity index (χ3v) is 4.38. The highest BCUT2D eigenvalue weighted by Crippen LogP contribution is 2.38. The average molecular weight is 273 g/mol. The molecule has 1 heterocycles. The summed E-state index contributed by atoms with van der Waals surface area (Å²) in [5.74, 6) is 0.356. The maximum absolute atomic E-state index is 13.2. The van der Waals surface area contributed by atoms with Gasteiger partial charge < -0.3 is 10.6 Å². The minimum Gasteiger partial charge on any atom is -0.325 e. The van der Waals surface area contributed by atoms with Crippen molar-refractivity contribution < 1.29 is 9.18 Å². The highest BCUT2D eigenvalue weighted by molar-refractivity contribution is 5.95. The van der Waals surface area contributed by atoms with E-state index in [4.69, 9.17) is 5.26 Å². The summed E-state index contributed by atoms with van der Waals surface area (Å²) in [4.78, 5) is 12.3. The summed E-state index contributed by atoms with van der Waals surface area (Å²) >= 11 is 0. The van der Waals surface area contributed by atoms with Crippen LogP contribution in [0, 0.1) is 29.0 Å². The van der Waals surface area contributed by atoms with E-state index in [2.05, 4.69) is 10.6 Å². The van der Waals surface area contributed by atoms with Crippen molar-refractivity contribution in [2.24, 2.45) is 11.8 Å². The number of hydrogen-bond donors (Lipinski definition) is 2. The predicted octanol–water partition coefficient (Wildman–Crippen LogP) is 2.02. The number of carbonyl (C=O) groups is 1. The first kappa shape index (κ1) is 13.1. The first-order chi connectivity index (χ1) is 9.69. The molecule has 0 spiro atoms. The monoisotopic (exact) mass is 273 g/mol. The third-order valence-electron chi connectivity index (χ3n) is 4.38. The second kappa shape index (κ2) is 5.22. The fourth-order valence-corrected chi connectivity index (χ4v) is 3.38. The number of nitrogens with zero attached hydrogens (tertiary/aromatic N) is 1. The third kappa shape index (κ3) is 2.27. The van der Waals surface area contributed by atoms with Gasteiger partial charge >= 0.3 is 0 Å². The Hall–Kier alpha value is -1.93. The number of carbonyl (C=O) groups excluding carboxylic acids is 1. The van der Waals surface area contributed by atoms with Crippen LogP contribution < -0.4 is 10.6 Å². The van der Waals surface area contributed by atoms with Crippen molar-refractivity contribution in [1.29, 1.82) is 5.26 Å². The van der Waals surface area contributed by atoms with Gasteiger partial charge in [-0.1, -0.05) is 6.42 Å². The maximum atomic E-state index is 13.2. The second-order valence-corrected chi connectivity index (χ2v) is 5.54. The number of anilines is 1. The largest absolute Gasteiger partial charge is 0.325 e. The lowest BCUT2D eigenvalue weighted by Gasteiger charge is -2.17. The Kier molecular flexibility index (Phi) is 3.41. The molecule has 2 aliphatic rings. The van der Waals surface area contributed by atoms with Crippen molar-refractivity contribution in [2.75, 3.05) is 11.9 Å². The van der Waals surface area contributed by atoms with Gasteiger partial charge in [0.05, 0.1) is 11.6 Å². The van der Waals surface area contributed by atoms with E-state index in [0.717, 1.165) is 13.0 Å². The van der Waals surface area contributed by atoms with Crippen LogP contribution in [0.1, 0.15) is 24.8 Å². The van der Waals surface area contributed by atoms with Crippen LogP contribution in [-0.4, -0.2) is 18.5 Å². The van der Waals surface area contributed by atoms with Crippen LogP contribution in [0.2, 0.25) is 0 Å². The first-order valence-electron chi connectivity index (χ1n) is 6.93. The Bertz CT molecular complexity index is 581. The molecule has 0 aromatic heterocycles. The highest BCUT2D eigenvalue weighted by Gasteiger charge is 2.42. The Balaban J connectivity index is 1.72. The molecule has 0 radical (unpaired) electrons. The molecule has 4 nitrogen and oxygen atoms in total. The van der Waals surface area contributed by atoms with E-state index in [1.54, 1.807) is 6.07 Å². The minimum absolute atomic E-state index is 0.0547. The maximum Gasteiger partial charge on any atom is 0.241 e. The van der Waals surface area contributed by atoms with Gasteiger partial charge in [-0.05, 0) is 49.4 Å². The van der Waals surface area contributed by atoms with Gasteiger partial charge in [0.15, 0.2) is 0 Å². The molecule has 1 aliphatic heterocycles. The standard InChI is InChI=1S/C15H16FN3O/c16-13-5-4-11(6-10(13)7-17)19-15(20)14-12-3-1-2-9(12)8-18-14/h4-6,9,12,14,18H,1-3,8H2,(H,19,20). The van der Waals surface area contributed by atoms with E-state index in [1.165, 1.54) is 31.0 Å². The number of benzene rings is 1. The average Bonchev–Trinajstić information content (AvgIpc) is 3.03. The smallest absolute Gasteiger partial charge is 0.241 e. The fourth-order valence-electron chi connectivity index (χ4n) is 3.38. The van der Waals surface area contributed by atoms with E-state index in [1.807, 2.05) is 0 Å². The van der Waals surface area contributed by atoms with Crippen molar-refractivity contribution in [3.63, 3.8) is 0 Å². The summed E-state index contributed by atoms with van der Waals surface area (Å²) in [6.07, 6.45) is 3.47. The van der Waals surface area contributed by atoms with Gasteiger partial charge in [-0.3, -0.25) is 4.79 Å². The molecule has 1 saturated carbocycles. The number of nitrogens with one attached hydrogen (secondary N) is 2. The van der Waals surface area contributed by atoms with Crippen molar-refractivity contribution in [2.45, 2.75) is 25.3 Å². The molecule has 1 saturated heterocycles. The van der Waals surface area contributed by atoms with Crippen molar-refractivity contribution in [3.05, 3.63) is 29.6 Å². The van der Waals surface area contributed by atoms with Gasteiger partial charge in [-0.25, -0.2) is 4.39 Å². The number of amides is 1.